The summed E-state index contributed by atoms with van der Waals surface area (Å²) < 4.78 is 1.96. The van der Waals surface area contributed by atoms with Crippen LogP contribution in [0.2, 0.25) is 0 Å². The summed E-state index contributed by atoms with van der Waals surface area (Å²) in [7, 11) is 6.05. The minimum absolute atomic E-state index is 0. The number of rotatable bonds is 8. The number of unbranched alkanes of at least 4 members (excludes halogenated alkanes) is 1. The first-order valence-corrected chi connectivity index (χ1v) is 10.3. The Balaban J connectivity index is 0.00000392. The SMILES string of the molecule is CN=C(NCCCCN1CCN(C)CC1)NC(C)Cc1c(C)nn(C)c1C.I. The number of piperazine rings is 1. The molecule has 1 atom stereocenters. The van der Waals surface area contributed by atoms with Crippen molar-refractivity contribution in [3.05, 3.63) is 17.0 Å². The van der Waals surface area contributed by atoms with E-state index in [1.807, 2.05) is 18.8 Å². The summed E-state index contributed by atoms with van der Waals surface area (Å²) in [6.45, 7) is 13.4. The summed E-state index contributed by atoms with van der Waals surface area (Å²) >= 11 is 0. The highest BCUT2D eigenvalue weighted by atomic mass is 127. The molecule has 28 heavy (non-hydrogen) atoms. The fraction of sp³-hybridized carbons (Fsp3) is 0.800. The summed E-state index contributed by atoms with van der Waals surface area (Å²) in [5.74, 6) is 0.890. The molecule has 0 bridgehead atoms. The lowest BCUT2D eigenvalue weighted by molar-refractivity contribution is 0.152. The van der Waals surface area contributed by atoms with Gasteiger partial charge in [0.25, 0.3) is 0 Å². The molecule has 0 amide bonds. The number of hydrogen-bond acceptors (Lipinski definition) is 4. The molecule has 1 saturated heterocycles. The van der Waals surface area contributed by atoms with Crippen molar-refractivity contribution in [2.45, 2.75) is 46.1 Å². The molecule has 0 aromatic carbocycles. The Morgan fingerprint density at radius 3 is 2.39 bits per heavy atom. The van der Waals surface area contributed by atoms with E-state index in [2.05, 4.69) is 58.3 Å². The number of hydrogen-bond donors (Lipinski definition) is 2. The molecule has 2 rings (SSSR count). The lowest BCUT2D eigenvalue weighted by atomic mass is 10.1. The van der Waals surface area contributed by atoms with Gasteiger partial charge in [0.05, 0.1) is 5.69 Å². The lowest BCUT2D eigenvalue weighted by Crippen LogP contribution is -2.45. The second kappa shape index (κ2) is 12.6. The van der Waals surface area contributed by atoms with Gasteiger partial charge in [0.1, 0.15) is 0 Å². The standard InChI is InChI=1S/C20H39N7.HI/c1-16(15-19-17(2)24-26(6)18(19)3)23-20(21-4)22-9-7-8-10-27-13-11-25(5)12-14-27;/h16H,7-15H2,1-6H3,(H2,21,22,23);1H. The average molecular weight is 505 g/mol. The van der Waals surface area contributed by atoms with Gasteiger partial charge in [-0.3, -0.25) is 9.67 Å². The van der Waals surface area contributed by atoms with Crippen molar-refractivity contribution < 1.29 is 0 Å². The van der Waals surface area contributed by atoms with Gasteiger partial charge in [-0.2, -0.15) is 5.10 Å². The van der Waals surface area contributed by atoms with Gasteiger partial charge in [-0.15, -0.1) is 24.0 Å². The quantitative estimate of drug-likeness (QED) is 0.244. The molecule has 1 unspecified atom stereocenters. The number of guanidine groups is 1. The maximum absolute atomic E-state index is 4.51. The Morgan fingerprint density at radius 1 is 1.14 bits per heavy atom. The third kappa shape index (κ3) is 7.87. The van der Waals surface area contributed by atoms with Gasteiger partial charge in [-0.25, -0.2) is 0 Å². The zero-order valence-corrected chi connectivity index (χ0v) is 20.9. The normalized spacial score (nSPS) is 17.3. The molecular formula is C20H40IN7. The Morgan fingerprint density at radius 2 is 1.82 bits per heavy atom. The Bertz CT molecular complexity index is 606. The van der Waals surface area contributed by atoms with Crippen LogP contribution in [-0.2, 0) is 13.5 Å². The maximum Gasteiger partial charge on any atom is 0.191 e. The van der Waals surface area contributed by atoms with E-state index in [-0.39, 0.29) is 24.0 Å². The molecule has 0 spiro atoms. The van der Waals surface area contributed by atoms with E-state index >= 15 is 0 Å². The van der Waals surface area contributed by atoms with Crippen LogP contribution in [0.15, 0.2) is 4.99 Å². The van der Waals surface area contributed by atoms with Crippen molar-refractivity contribution in [1.29, 1.82) is 0 Å². The third-order valence-electron chi connectivity index (χ3n) is 5.57. The van der Waals surface area contributed by atoms with Gasteiger partial charge in [0, 0.05) is 58.6 Å². The number of aromatic nitrogens is 2. The van der Waals surface area contributed by atoms with Crippen LogP contribution in [-0.4, -0.2) is 84.9 Å². The van der Waals surface area contributed by atoms with E-state index in [1.165, 1.54) is 56.8 Å². The zero-order valence-electron chi connectivity index (χ0n) is 18.6. The fourth-order valence-electron chi connectivity index (χ4n) is 3.64. The van der Waals surface area contributed by atoms with Crippen LogP contribution < -0.4 is 10.6 Å². The minimum Gasteiger partial charge on any atom is -0.356 e. The van der Waals surface area contributed by atoms with E-state index in [0.717, 1.165) is 24.6 Å². The number of aliphatic imine (C=N–C) groups is 1. The molecule has 0 saturated carbocycles. The second-order valence-electron chi connectivity index (χ2n) is 7.87. The first kappa shape index (κ1) is 25.2. The number of nitrogens with one attached hydrogen (secondary N) is 2. The van der Waals surface area contributed by atoms with Crippen LogP contribution in [0.1, 0.15) is 36.7 Å². The van der Waals surface area contributed by atoms with E-state index in [0.29, 0.717) is 6.04 Å². The van der Waals surface area contributed by atoms with Crippen LogP contribution in [0.25, 0.3) is 0 Å². The molecule has 7 nitrogen and oxygen atoms in total. The molecule has 1 aromatic heterocycles. The van der Waals surface area contributed by atoms with E-state index < -0.39 is 0 Å². The van der Waals surface area contributed by atoms with Gasteiger partial charge >= 0.3 is 0 Å². The third-order valence-corrected chi connectivity index (χ3v) is 5.57. The summed E-state index contributed by atoms with van der Waals surface area (Å²) in [6, 6.07) is 0.308. The van der Waals surface area contributed by atoms with Gasteiger partial charge in [-0.05, 0) is 59.2 Å². The van der Waals surface area contributed by atoms with E-state index in [9.17, 15) is 0 Å². The van der Waals surface area contributed by atoms with Crippen molar-refractivity contribution >= 4 is 29.9 Å². The molecule has 2 heterocycles. The van der Waals surface area contributed by atoms with Crippen molar-refractivity contribution in [1.82, 2.24) is 30.2 Å². The molecule has 0 aliphatic carbocycles. The molecular weight excluding hydrogens is 465 g/mol. The van der Waals surface area contributed by atoms with Crippen molar-refractivity contribution in [3.63, 3.8) is 0 Å². The molecule has 1 fully saturated rings. The average Bonchev–Trinajstić information content (AvgIpc) is 2.88. The monoisotopic (exact) mass is 505 g/mol. The van der Waals surface area contributed by atoms with Crippen LogP contribution in [0, 0.1) is 13.8 Å². The highest BCUT2D eigenvalue weighted by Crippen LogP contribution is 2.14. The summed E-state index contributed by atoms with van der Waals surface area (Å²) in [5, 5.41) is 11.5. The molecule has 1 aliphatic heterocycles. The molecule has 2 N–H and O–H groups in total. The van der Waals surface area contributed by atoms with Gasteiger partial charge in [0.2, 0.25) is 0 Å². The van der Waals surface area contributed by atoms with Crippen LogP contribution in [0.4, 0.5) is 0 Å². The van der Waals surface area contributed by atoms with E-state index in [1.54, 1.807) is 0 Å². The van der Waals surface area contributed by atoms with Crippen LogP contribution in [0.5, 0.6) is 0 Å². The zero-order chi connectivity index (χ0) is 19.8. The smallest absolute Gasteiger partial charge is 0.191 e. The Hall–Kier alpha value is -0.870. The summed E-state index contributed by atoms with van der Waals surface area (Å²) in [4.78, 5) is 9.36. The number of nitrogens with zero attached hydrogens (tertiary/aromatic N) is 5. The predicted molar refractivity (Wildman–Crippen MR) is 129 cm³/mol. The lowest BCUT2D eigenvalue weighted by Gasteiger charge is -2.32. The topological polar surface area (TPSA) is 60.7 Å². The molecule has 8 heteroatoms. The second-order valence-corrected chi connectivity index (χ2v) is 7.87. The molecule has 162 valence electrons. The van der Waals surface area contributed by atoms with Crippen LogP contribution in [0.3, 0.4) is 0 Å². The van der Waals surface area contributed by atoms with Gasteiger partial charge in [-0.1, -0.05) is 0 Å². The Labute approximate surface area is 188 Å². The number of halogens is 1. The first-order valence-electron chi connectivity index (χ1n) is 10.3. The highest BCUT2D eigenvalue weighted by Gasteiger charge is 2.14. The van der Waals surface area contributed by atoms with Crippen molar-refractivity contribution in [3.8, 4) is 0 Å². The molecule has 0 radical (unpaired) electrons. The van der Waals surface area contributed by atoms with Crippen molar-refractivity contribution in [2.75, 3.05) is 53.4 Å². The van der Waals surface area contributed by atoms with Crippen LogP contribution >= 0.6 is 24.0 Å². The first-order chi connectivity index (χ1) is 12.9. The largest absolute Gasteiger partial charge is 0.356 e. The van der Waals surface area contributed by atoms with E-state index in [4.69, 9.17) is 0 Å². The molecule has 1 aromatic rings. The Kier molecular flexibility index (Phi) is 11.4. The molecule has 1 aliphatic rings. The maximum atomic E-state index is 4.51. The highest BCUT2D eigenvalue weighted by molar-refractivity contribution is 14.0. The fourth-order valence-corrected chi connectivity index (χ4v) is 3.64. The van der Waals surface area contributed by atoms with Crippen molar-refractivity contribution in [2.24, 2.45) is 12.0 Å². The summed E-state index contributed by atoms with van der Waals surface area (Å²) in [5.41, 5.74) is 3.70. The predicted octanol–water partition coefficient (Wildman–Crippen LogP) is 1.78. The minimum atomic E-state index is 0. The number of likely N-dealkylation sites (N-methyl/N-ethyl adjacent to an activating group) is 1. The summed E-state index contributed by atoms with van der Waals surface area (Å²) in [6.07, 6.45) is 3.36. The number of aryl methyl sites for hydroxylation is 2. The van der Waals surface area contributed by atoms with Gasteiger partial charge < -0.3 is 20.4 Å². The van der Waals surface area contributed by atoms with Gasteiger partial charge in [0.15, 0.2) is 5.96 Å².